The molecule has 6 heteroatoms. The molecule has 1 N–H and O–H groups in total. The summed E-state index contributed by atoms with van der Waals surface area (Å²) >= 11 is 0. The van der Waals surface area contributed by atoms with E-state index in [1.165, 1.54) is 0 Å². The minimum absolute atomic E-state index is 0.0654. The molecule has 3 rings (SSSR count). The molecule has 0 aliphatic carbocycles. The number of amides is 3. The second-order valence-corrected chi connectivity index (χ2v) is 7.46. The predicted molar refractivity (Wildman–Crippen MR) is 114 cm³/mol. The zero-order chi connectivity index (χ0) is 20.6. The molecule has 0 spiro atoms. The zero-order valence-corrected chi connectivity index (χ0v) is 17.1. The second kappa shape index (κ2) is 9.96. The van der Waals surface area contributed by atoms with Crippen molar-refractivity contribution in [2.45, 2.75) is 19.8 Å². The maximum absolute atomic E-state index is 12.8. The second-order valence-electron chi connectivity index (χ2n) is 7.46. The van der Waals surface area contributed by atoms with Crippen molar-refractivity contribution in [2.24, 2.45) is 5.92 Å². The first-order valence-electron chi connectivity index (χ1n) is 10.1. The molecule has 1 saturated heterocycles. The molecule has 6 nitrogen and oxygen atoms in total. The summed E-state index contributed by atoms with van der Waals surface area (Å²) in [5.41, 5.74) is 1.84. The van der Waals surface area contributed by atoms with E-state index in [9.17, 15) is 9.59 Å². The number of ether oxygens (including phenoxy) is 1. The highest BCUT2D eigenvalue weighted by Crippen LogP contribution is 2.20. The van der Waals surface area contributed by atoms with Gasteiger partial charge in [0.2, 0.25) is 5.91 Å². The summed E-state index contributed by atoms with van der Waals surface area (Å²) in [7, 11) is 1.80. The quantitative estimate of drug-likeness (QED) is 0.810. The van der Waals surface area contributed by atoms with Gasteiger partial charge in [-0.25, -0.2) is 4.79 Å². The molecule has 1 aliphatic rings. The Balaban J connectivity index is 1.48. The number of carbonyl (C=O) groups excluding carboxylic acids is 2. The van der Waals surface area contributed by atoms with Gasteiger partial charge in [-0.2, -0.15) is 0 Å². The highest BCUT2D eigenvalue weighted by atomic mass is 16.5. The summed E-state index contributed by atoms with van der Waals surface area (Å²) in [5, 5.41) is 2.90. The van der Waals surface area contributed by atoms with E-state index in [1.807, 2.05) is 61.5 Å². The number of likely N-dealkylation sites (N-methyl/N-ethyl adjacent to an activating group) is 1. The number of benzene rings is 2. The molecule has 154 valence electrons. The number of aryl methyl sites for hydroxylation is 1. The Kier molecular flexibility index (Phi) is 7.11. The van der Waals surface area contributed by atoms with Gasteiger partial charge in [0.05, 0.1) is 12.5 Å². The van der Waals surface area contributed by atoms with Crippen LogP contribution in [-0.4, -0.2) is 55.0 Å². The number of likely N-dealkylation sites (tertiary alicyclic amines) is 1. The molecule has 1 unspecified atom stereocenters. The largest absolute Gasteiger partial charge is 0.491 e. The Labute approximate surface area is 172 Å². The lowest BCUT2D eigenvalue weighted by Gasteiger charge is -2.34. The van der Waals surface area contributed by atoms with Crippen LogP contribution in [0.25, 0.3) is 0 Å². The van der Waals surface area contributed by atoms with Crippen LogP contribution in [0.2, 0.25) is 0 Å². The van der Waals surface area contributed by atoms with Crippen LogP contribution in [0.3, 0.4) is 0 Å². The van der Waals surface area contributed by atoms with E-state index in [0.717, 1.165) is 29.8 Å². The van der Waals surface area contributed by atoms with Gasteiger partial charge in [-0.05, 0) is 43.5 Å². The Morgan fingerprint density at radius 1 is 1.14 bits per heavy atom. The third-order valence-electron chi connectivity index (χ3n) is 5.24. The summed E-state index contributed by atoms with van der Waals surface area (Å²) in [6.45, 7) is 4.07. The minimum Gasteiger partial charge on any atom is -0.491 e. The molecule has 1 atom stereocenters. The Hall–Kier alpha value is -3.02. The smallest absolute Gasteiger partial charge is 0.321 e. The molecule has 29 heavy (non-hydrogen) atoms. The number of piperidine rings is 1. The van der Waals surface area contributed by atoms with Crippen LogP contribution in [0.15, 0.2) is 54.6 Å². The number of urea groups is 1. The van der Waals surface area contributed by atoms with Gasteiger partial charge in [0.15, 0.2) is 0 Å². The molecule has 3 amide bonds. The van der Waals surface area contributed by atoms with E-state index in [2.05, 4.69) is 5.32 Å². The summed E-state index contributed by atoms with van der Waals surface area (Å²) < 4.78 is 5.80. The molecule has 2 aromatic carbocycles. The van der Waals surface area contributed by atoms with Gasteiger partial charge in [0.25, 0.3) is 0 Å². The first kappa shape index (κ1) is 20.7. The molecule has 0 saturated carbocycles. The fourth-order valence-corrected chi connectivity index (χ4v) is 3.52. The van der Waals surface area contributed by atoms with Gasteiger partial charge in [0, 0.05) is 25.8 Å². The van der Waals surface area contributed by atoms with Crippen LogP contribution in [0.5, 0.6) is 5.75 Å². The standard InChI is InChI=1S/C23H29N3O3/c1-18-9-6-7-13-21(18)29-16-15-25(2)22(27)19-10-8-14-26(17-19)23(28)24-20-11-4-3-5-12-20/h3-7,9,11-13,19H,8,10,14-17H2,1-2H3,(H,24,28). The van der Waals surface area contributed by atoms with Gasteiger partial charge in [-0.1, -0.05) is 36.4 Å². The number of rotatable bonds is 6. The minimum atomic E-state index is -0.172. The third kappa shape index (κ3) is 5.73. The van der Waals surface area contributed by atoms with Gasteiger partial charge < -0.3 is 19.9 Å². The van der Waals surface area contributed by atoms with Crippen molar-refractivity contribution in [3.05, 3.63) is 60.2 Å². The Morgan fingerprint density at radius 2 is 1.86 bits per heavy atom. The van der Waals surface area contributed by atoms with Crippen molar-refractivity contribution in [3.8, 4) is 5.75 Å². The van der Waals surface area contributed by atoms with Crippen LogP contribution in [0.4, 0.5) is 10.5 Å². The van der Waals surface area contributed by atoms with E-state index in [1.54, 1.807) is 16.8 Å². The van der Waals surface area contributed by atoms with Crippen molar-refractivity contribution < 1.29 is 14.3 Å². The van der Waals surface area contributed by atoms with E-state index >= 15 is 0 Å². The van der Waals surface area contributed by atoms with Crippen LogP contribution in [0, 0.1) is 12.8 Å². The molecule has 0 bridgehead atoms. The number of anilines is 1. The number of para-hydroxylation sites is 2. The molecular formula is C23H29N3O3. The molecule has 2 aromatic rings. The summed E-state index contributed by atoms with van der Waals surface area (Å²) in [5.74, 6) is 0.735. The molecule has 1 fully saturated rings. The lowest BCUT2D eigenvalue weighted by Crippen LogP contribution is -2.47. The summed E-state index contributed by atoms with van der Waals surface area (Å²) in [4.78, 5) is 28.8. The third-order valence-corrected chi connectivity index (χ3v) is 5.24. The number of nitrogens with zero attached hydrogens (tertiary/aromatic N) is 2. The van der Waals surface area contributed by atoms with Gasteiger partial charge >= 0.3 is 6.03 Å². The molecule has 1 heterocycles. The molecular weight excluding hydrogens is 366 g/mol. The number of hydrogen-bond acceptors (Lipinski definition) is 3. The fourth-order valence-electron chi connectivity index (χ4n) is 3.52. The SMILES string of the molecule is Cc1ccccc1OCCN(C)C(=O)C1CCCN(C(=O)Nc2ccccc2)C1. The highest BCUT2D eigenvalue weighted by molar-refractivity contribution is 5.90. The van der Waals surface area contributed by atoms with Crippen molar-refractivity contribution in [1.82, 2.24) is 9.80 Å². The summed E-state index contributed by atoms with van der Waals surface area (Å²) in [6.07, 6.45) is 1.63. The van der Waals surface area contributed by atoms with Crippen molar-refractivity contribution >= 4 is 17.6 Å². The first-order chi connectivity index (χ1) is 14.0. The highest BCUT2D eigenvalue weighted by Gasteiger charge is 2.30. The van der Waals surface area contributed by atoms with E-state index in [0.29, 0.717) is 26.2 Å². The van der Waals surface area contributed by atoms with Gasteiger partial charge in [-0.3, -0.25) is 4.79 Å². The lowest BCUT2D eigenvalue weighted by molar-refractivity contribution is -0.135. The zero-order valence-electron chi connectivity index (χ0n) is 17.1. The van der Waals surface area contributed by atoms with Crippen molar-refractivity contribution in [1.29, 1.82) is 0 Å². The van der Waals surface area contributed by atoms with E-state index < -0.39 is 0 Å². The topological polar surface area (TPSA) is 61.9 Å². The monoisotopic (exact) mass is 395 g/mol. The molecule has 1 aliphatic heterocycles. The van der Waals surface area contributed by atoms with Gasteiger partial charge in [-0.15, -0.1) is 0 Å². The Bertz CT molecular complexity index is 825. The van der Waals surface area contributed by atoms with Crippen LogP contribution >= 0.6 is 0 Å². The van der Waals surface area contributed by atoms with E-state index in [4.69, 9.17) is 4.74 Å². The number of hydrogen-bond donors (Lipinski definition) is 1. The Morgan fingerprint density at radius 3 is 2.62 bits per heavy atom. The molecule has 0 aromatic heterocycles. The van der Waals surface area contributed by atoms with E-state index in [-0.39, 0.29) is 17.9 Å². The average Bonchev–Trinajstić information content (AvgIpc) is 2.75. The predicted octanol–water partition coefficient (Wildman–Crippen LogP) is 3.78. The van der Waals surface area contributed by atoms with Gasteiger partial charge in [0.1, 0.15) is 12.4 Å². The number of nitrogens with one attached hydrogen (secondary N) is 1. The van der Waals surface area contributed by atoms with Crippen LogP contribution in [0.1, 0.15) is 18.4 Å². The lowest BCUT2D eigenvalue weighted by atomic mass is 9.97. The maximum atomic E-state index is 12.8. The van der Waals surface area contributed by atoms with Crippen LogP contribution < -0.4 is 10.1 Å². The van der Waals surface area contributed by atoms with Crippen molar-refractivity contribution in [2.75, 3.05) is 38.6 Å². The normalized spacial score (nSPS) is 16.2. The number of carbonyl (C=O) groups is 2. The average molecular weight is 396 g/mol. The summed E-state index contributed by atoms with van der Waals surface area (Å²) in [6, 6.07) is 17.1. The maximum Gasteiger partial charge on any atom is 0.321 e. The van der Waals surface area contributed by atoms with Crippen LogP contribution in [-0.2, 0) is 4.79 Å². The van der Waals surface area contributed by atoms with Crippen molar-refractivity contribution in [3.63, 3.8) is 0 Å². The fraction of sp³-hybridized carbons (Fsp3) is 0.391. The molecule has 0 radical (unpaired) electrons. The first-order valence-corrected chi connectivity index (χ1v) is 10.1.